The second-order valence-electron chi connectivity index (χ2n) is 5.13. The third kappa shape index (κ3) is 3.28. The average Bonchev–Trinajstić information content (AvgIpc) is 3.20. The molecule has 22 heavy (non-hydrogen) atoms. The minimum atomic E-state index is 0.0305. The van der Waals surface area contributed by atoms with Crippen LogP contribution in [0, 0.1) is 6.92 Å². The molecule has 0 unspecified atom stereocenters. The molecule has 0 aliphatic heterocycles. The van der Waals surface area contributed by atoms with Gasteiger partial charge in [0.05, 0.1) is 19.4 Å². The fraction of sp³-hybridized carbons (Fsp3) is 0.167. The minimum absolute atomic E-state index is 0.0305. The first-order valence-corrected chi connectivity index (χ1v) is 8.01. The number of aryl methyl sites for hydroxylation is 1. The first-order valence-electron chi connectivity index (χ1n) is 7.13. The topological polar surface area (TPSA) is 33.5 Å². The SMILES string of the molecule is Cc1ccccc1C(=O)N(Cc1ccco1)Cc1cccs1. The van der Waals surface area contributed by atoms with Gasteiger partial charge in [-0.05, 0) is 42.1 Å². The zero-order valence-corrected chi connectivity index (χ0v) is 13.2. The van der Waals surface area contributed by atoms with Crippen molar-refractivity contribution >= 4 is 17.2 Å². The summed E-state index contributed by atoms with van der Waals surface area (Å²) in [4.78, 5) is 15.9. The van der Waals surface area contributed by atoms with E-state index in [1.807, 2.05) is 65.7 Å². The maximum atomic E-state index is 12.9. The molecule has 3 nitrogen and oxygen atoms in total. The normalized spacial score (nSPS) is 10.6. The van der Waals surface area contributed by atoms with Crippen LogP contribution in [-0.4, -0.2) is 10.8 Å². The lowest BCUT2D eigenvalue weighted by Gasteiger charge is -2.22. The van der Waals surface area contributed by atoms with Crippen molar-refractivity contribution in [1.82, 2.24) is 4.90 Å². The van der Waals surface area contributed by atoms with Crippen molar-refractivity contribution in [3.63, 3.8) is 0 Å². The Kier molecular flexibility index (Phi) is 4.39. The maximum Gasteiger partial charge on any atom is 0.254 e. The monoisotopic (exact) mass is 311 g/mol. The van der Waals surface area contributed by atoms with Gasteiger partial charge in [0.2, 0.25) is 0 Å². The third-order valence-electron chi connectivity index (χ3n) is 3.52. The summed E-state index contributed by atoms with van der Waals surface area (Å²) in [7, 11) is 0. The average molecular weight is 311 g/mol. The Morgan fingerprint density at radius 3 is 2.64 bits per heavy atom. The molecule has 0 saturated heterocycles. The van der Waals surface area contributed by atoms with E-state index in [2.05, 4.69) is 0 Å². The van der Waals surface area contributed by atoms with E-state index < -0.39 is 0 Å². The van der Waals surface area contributed by atoms with Crippen molar-refractivity contribution in [2.75, 3.05) is 0 Å². The van der Waals surface area contributed by atoms with Crippen molar-refractivity contribution < 1.29 is 9.21 Å². The molecule has 0 saturated carbocycles. The third-order valence-corrected chi connectivity index (χ3v) is 4.38. The standard InChI is InChI=1S/C18H17NO2S/c1-14-6-2-3-9-17(14)18(20)19(12-15-7-4-10-21-15)13-16-8-5-11-22-16/h2-11H,12-13H2,1H3. The van der Waals surface area contributed by atoms with Crippen molar-refractivity contribution in [3.05, 3.63) is 81.9 Å². The number of rotatable bonds is 5. The van der Waals surface area contributed by atoms with Gasteiger partial charge in [0.15, 0.2) is 0 Å². The van der Waals surface area contributed by atoms with Crippen molar-refractivity contribution in [2.24, 2.45) is 0 Å². The van der Waals surface area contributed by atoms with E-state index >= 15 is 0 Å². The number of benzene rings is 1. The highest BCUT2D eigenvalue weighted by molar-refractivity contribution is 7.09. The molecule has 0 bridgehead atoms. The summed E-state index contributed by atoms with van der Waals surface area (Å²) in [6, 6.07) is 15.5. The number of furan rings is 1. The number of amides is 1. The molecule has 2 heterocycles. The number of thiophene rings is 1. The van der Waals surface area contributed by atoms with Gasteiger partial charge in [-0.1, -0.05) is 24.3 Å². The zero-order chi connectivity index (χ0) is 15.4. The van der Waals surface area contributed by atoms with Crippen molar-refractivity contribution in [3.8, 4) is 0 Å². The Balaban J connectivity index is 1.87. The number of hydrogen-bond donors (Lipinski definition) is 0. The van der Waals surface area contributed by atoms with Crippen LogP contribution in [0.5, 0.6) is 0 Å². The first kappa shape index (κ1) is 14.6. The van der Waals surface area contributed by atoms with E-state index in [-0.39, 0.29) is 5.91 Å². The van der Waals surface area contributed by atoms with E-state index in [0.717, 1.165) is 21.8 Å². The Morgan fingerprint density at radius 2 is 1.95 bits per heavy atom. The lowest BCUT2D eigenvalue weighted by atomic mass is 10.1. The highest BCUT2D eigenvalue weighted by Crippen LogP contribution is 2.19. The first-order chi connectivity index (χ1) is 10.7. The van der Waals surface area contributed by atoms with Gasteiger partial charge in [-0.25, -0.2) is 0 Å². The van der Waals surface area contributed by atoms with Crippen LogP contribution in [0.4, 0.5) is 0 Å². The molecule has 1 amide bonds. The number of carbonyl (C=O) groups excluding carboxylic acids is 1. The van der Waals surface area contributed by atoms with Gasteiger partial charge in [-0.3, -0.25) is 4.79 Å². The summed E-state index contributed by atoms with van der Waals surface area (Å²) in [6.45, 7) is 3.02. The molecule has 112 valence electrons. The smallest absolute Gasteiger partial charge is 0.254 e. The molecule has 0 fully saturated rings. The zero-order valence-electron chi connectivity index (χ0n) is 12.4. The van der Waals surface area contributed by atoms with Crippen LogP contribution in [-0.2, 0) is 13.1 Å². The van der Waals surface area contributed by atoms with Crippen LogP contribution >= 0.6 is 11.3 Å². The van der Waals surface area contributed by atoms with E-state index in [1.165, 1.54) is 0 Å². The molecule has 3 aromatic rings. The summed E-state index contributed by atoms with van der Waals surface area (Å²) in [5.41, 5.74) is 1.73. The van der Waals surface area contributed by atoms with Gasteiger partial charge < -0.3 is 9.32 Å². The van der Waals surface area contributed by atoms with Gasteiger partial charge in [0.1, 0.15) is 5.76 Å². The summed E-state index contributed by atoms with van der Waals surface area (Å²) in [5.74, 6) is 0.821. The Labute approximate surface area is 133 Å². The molecule has 0 spiro atoms. The van der Waals surface area contributed by atoms with Crippen LogP contribution < -0.4 is 0 Å². The number of hydrogen-bond acceptors (Lipinski definition) is 3. The quantitative estimate of drug-likeness (QED) is 0.695. The van der Waals surface area contributed by atoms with Gasteiger partial charge in [0, 0.05) is 10.4 Å². The van der Waals surface area contributed by atoms with Gasteiger partial charge in [0.25, 0.3) is 5.91 Å². The Morgan fingerprint density at radius 1 is 1.09 bits per heavy atom. The fourth-order valence-corrected chi connectivity index (χ4v) is 3.08. The molecule has 0 aliphatic rings. The van der Waals surface area contributed by atoms with Crippen LogP contribution in [0.25, 0.3) is 0 Å². The summed E-state index contributed by atoms with van der Waals surface area (Å²) in [6.07, 6.45) is 1.64. The molecule has 0 aliphatic carbocycles. The van der Waals surface area contributed by atoms with Crippen LogP contribution in [0.15, 0.2) is 64.6 Å². The van der Waals surface area contributed by atoms with Crippen LogP contribution in [0.2, 0.25) is 0 Å². The van der Waals surface area contributed by atoms with Gasteiger partial charge in [-0.2, -0.15) is 0 Å². The largest absolute Gasteiger partial charge is 0.467 e. The van der Waals surface area contributed by atoms with Crippen molar-refractivity contribution in [1.29, 1.82) is 0 Å². The van der Waals surface area contributed by atoms with Gasteiger partial charge in [-0.15, -0.1) is 11.3 Å². The minimum Gasteiger partial charge on any atom is -0.467 e. The molecule has 4 heteroatoms. The Bertz CT molecular complexity index is 696. The molecule has 0 atom stereocenters. The van der Waals surface area contributed by atoms with Gasteiger partial charge >= 0.3 is 0 Å². The predicted molar refractivity (Wildman–Crippen MR) is 87.8 cm³/mol. The molecule has 0 radical (unpaired) electrons. The molecule has 3 rings (SSSR count). The predicted octanol–water partition coefficient (Wildman–Crippen LogP) is 4.49. The molecular weight excluding hydrogens is 294 g/mol. The van der Waals surface area contributed by atoms with E-state index in [1.54, 1.807) is 17.6 Å². The summed E-state index contributed by atoms with van der Waals surface area (Å²) in [5, 5.41) is 2.03. The molecule has 0 N–H and O–H groups in total. The lowest BCUT2D eigenvalue weighted by molar-refractivity contribution is 0.0719. The van der Waals surface area contributed by atoms with E-state index in [0.29, 0.717) is 13.1 Å². The number of nitrogens with zero attached hydrogens (tertiary/aromatic N) is 1. The summed E-state index contributed by atoms with van der Waals surface area (Å²) < 4.78 is 5.41. The van der Waals surface area contributed by atoms with Crippen LogP contribution in [0.1, 0.15) is 26.6 Å². The highest BCUT2D eigenvalue weighted by Gasteiger charge is 2.19. The highest BCUT2D eigenvalue weighted by atomic mass is 32.1. The molecular formula is C18H17NO2S. The lowest BCUT2D eigenvalue weighted by Crippen LogP contribution is -2.30. The second-order valence-corrected chi connectivity index (χ2v) is 6.17. The van der Waals surface area contributed by atoms with Crippen LogP contribution in [0.3, 0.4) is 0 Å². The fourth-order valence-electron chi connectivity index (χ4n) is 2.36. The molecule has 2 aromatic heterocycles. The van der Waals surface area contributed by atoms with Crippen molar-refractivity contribution in [2.45, 2.75) is 20.0 Å². The Hall–Kier alpha value is -2.33. The number of carbonyl (C=O) groups is 1. The summed E-state index contributed by atoms with van der Waals surface area (Å²) >= 11 is 1.66. The molecule has 1 aromatic carbocycles. The maximum absolute atomic E-state index is 12.9. The second kappa shape index (κ2) is 6.62. The van der Waals surface area contributed by atoms with E-state index in [4.69, 9.17) is 4.42 Å². The van der Waals surface area contributed by atoms with E-state index in [9.17, 15) is 4.79 Å².